The molecule has 0 aromatic heterocycles. The number of benzene rings is 1. The van der Waals surface area contributed by atoms with E-state index in [0.29, 0.717) is 0 Å². The summed E-state index contributed by atoms with van der Waals surface area (Å²) in [7, 11) is -2.76. The molecular formula is C12H17NO5S. The van der Waals surface area contributed by atoms with Gasteiger partial charge in [0.15, 0.2) is 0 Å². The van der Waals surface area contributed by atoms with Crippen LogP contribution in [-0.2, 0) is 19.6 Å². The van der Waals surface area contributed by atoms with Gasteiger partial charge < -0.3 is 9.84 Å². The summed E-state index contributed by atoms with van der Waals surface area (Å²) in [4.78, 5) is 11.4. The molecule has 7 heteroatoms. The zero-order valence-electron chi connectivity index (χ0n) is 11.0. The first-order valence-corrected chi connectivity index (χ1v) is 7.11. The van der Waals surface area contributed by atoms with Gasteiger partial charge in [-0.15, -0.1) is 0 Å². The van der Waals surface area contributed by atoms with Crippen LogP contribution in [0, 0.1) is 6.92 Å². The van der Waals surface area contributed by atoms with E-state index < -0.39 is 28.1 Å². The van der Waals surface area contributed by atoms with E-state index in [9.17, 15) is 18.3 Å². The number of aryl methyl sites for hydroxylation is 1. The number of carbonyl (C=O) groups excluding carboxylic acids is 1. The molecule has 1 aromatic rings. The number of aliphatic hydroxyl groups is 1. The van der Waals surface area contributed by atoms with Crippen molar-refractivity contribution in [1.82, 2.24) is 4.72 Å². The number of carbonyl (C=O) groups is 1. The fourth-order valence-corrected chi connectivity index (χ4v) is 2.68. The molecule has 0 radical (unpaired) electrons. The number of sulfonamides is 1. The highest BCUT2D eigenvalue weighted by Gasteiger charge is 2.30. The third-order valence-corrected chi connectivity index (χ3v) is 4.01. The molecule has 2 atom stereocenters. The normalized spacial score (nSPS) is 14.7. The Morgan fingerprint density at radius 3 is 2.26 bits per heavy atom. The van der Waals surface area contributed by atoms with Gasteiger partial charge in [-0.1, -0.05) is 17.7 Å². The quantitative estimate of drug-likeness (QED) is 0.754. The lowest BCUT2D eigenvalue weighted by Crippen LogP contribution is -2.48. The Kier molecular flexibility index (Phi) is 5.04. The summed E-state index contributed by atoms with van der Waals surface area (Å²) in [5, 5.41) is 9.44. The van der Waals surface area contributed by atoms with Gasteiger partial charge in [-0.2, -0.15) is 4.72 Å². The molecule has 0 aliphatic carbocycles. The van der Waals surface area contributed by atoms with Crippen molar-refractivity contribution in [3.8, 4) is 0 Å². The van der Waals surface area contributed by atoms with E-state index in [1.54, 1.807) is 12.1 Å². The molecule has 0 saturated carbocycles. The summed E-state index contributed by atoms with van der Waals surface area (Å²) in [6.07, 6.45) is -1.20. The molecule has 0 saturated heterocycles. The van der Waals surface area contributed by atoms with Crippen LogP contribution in [0.5, 0.6) is 0 Å². The molecule has 0 amide bonds. The Balaban J connectivity index is 3.00. The number of methoxy groups -OCH3 is 1. The van der Waals surface area contributed by atoms with E-state index >= 15 is 0 Å². The van der Waals surface area contributed by atoms with Crippen LogP contribution in [0.1, 0.15) is 12.5 Å². The fraction of sp³-hybridized carbons (Fsp3) is 0.417. The SMILES string of the molecule is COC(=O)[C@@H](NS(=O)(=O)c1ccc(C)cc1)[C@@H](C)O. The fourth-order valence-electron chi connectivity index (χ4n) is 1.42. The molecule has 0 aliphatic heterocycles. The molecule has 2 N–H and O–H groups in total. The van der Waals surface area contributed by atoms with Crippen molar-refractivity contribution >= 4 is 16.0 Å². The number of nitrogens with one attached hydrogen (secondary N) is 1. The largest absolute Gasteiger partial charge is 0.468 e. The Labute approximate surface area is 112 Å². The van der Waals surface area contributed by atoms with Gasteiger partial charge in [-0.25, -0.2) is 8.42 Å². The first kappa shape index (κ1) is 15.6. The van der Waals surface area contributed by atoms with Gasteiger partial charge in [0.05, 0.1) is 18.1 Å². The monoisotopic (exact) mass is 287 g/mol. The van der Waals surface area contributed by atoms with Crippen LogP contribution in [0.25, 0.3) is 0 Å². The van der Waals surface area contributed by atoms with Crippen LogP contribution < -0.4 is 4.72 Å². The van der Waals surface area contributed by atoms with E-state index in [2.05, 4.69) is 9.46 Å². The van der Waals surface area contributed by atoms with Crippen molar-refractivity contribution < 1.29 is 23.1 Å². The Bertz CT molecular complexity index is 536. The minimum absolute atomic E-state index is 0.0210. The topological polar surface area (TPSA) is 92.7 Å². The number of ether oxygens (including phenoxy) is 1. The molecule has 0 unspecified atom stereocenters. The van der Waals surface area contributed by atoms with Crippen LogP contribution >= 0.6 is 0 Å². The minimum Gasteiger partial charge on any atom is -0.468 e. The Morgan fingerprint density at radius 1 is 1.32 bits per heavy atom. The number of esters is 1. The number of hydrogen-bond acceptors (Lipinski definition) is 5. The van der Waals surface area contributed by atoms with E-state index in [4.69, 9.17) is 0 Å². The third kappa shape index (κ3) is 4.02. The van der Waals surface area contributed by atoms with Gasteiger partial charge in [-0.3, -0.25) is 4.79 Å². The van der Waals surface area contributed by atoms with E-state index in [1.807, 2.05) is 6.92 Å². The van der Waals surface area contributed by atoms with Gasteiger partial charge in [0, 0.05) is 0 Å². The van der Waals surface area contributed by atoms with Gasteiger partial charge in [0.25, 0.3) is 0 Å². The van der Waals surface area contributed by atoms with E-state index in [0.717, 1.165) is 12.7 Å². The number of hydrogen-bond donors (Lipinski definition) is 2. The lowest BCUT2D eigenvalue weighted by Gasteiger charge is -2.18. The van der Waals surface area contributed by atoms with Crippen molar-refractivity contribution in [2.45, 2.75) is 30.9 Å². The zero-order chi connectivity index (χ0) is 14.6. The van der Waals surface area contributed by atoms with E-state index in [1.165, 1.54) is 19.1 Å². The van der Waals surface area contributed by atoms with Gasteiger partial charge in [-0.05, 0) is 26.0 Å². The van der Waals surface area contributed by atoms with Crippen molar-refractivity contribution in [1.29, 1.82) is 0 Å². The standard InChI is InChI=1S/C12H17NO5S/c1-8-4-6-10(7-5-8)19(16,17)13-11(9(2)14)12(15)18-3/h4-7,9,11,13-14H,1-3H3/t9-,11+/m1/s1. The maximum Gasteiger partial charge on any atom is 0.326 e. The van der Waals surface area contributed by atoms with Gasteiger partial charge in [0.1, 0.15) is 6.04 Å². The zero-order valence-corrected chi connectivity index (χ0v) is 11.8. The summed E-state index contributed by atoms with van der Waals surface area (Å²) in [6, 6.07) is 4.80. The molecule has 6 nitrogen and oxygen atoms in total. The predicted molar refractivity (Wildman–Crippen MR) is 69.0 cm³/mol. The lowest BCUT2D eigenvalue weighted by atomic mass is 10.2. The average Bonchev–Trinajstić information content (AvgIpc) is 2.35. The molecule has 19 heavy (non-hydrogen) atoms. The molecule has 106 valence electrons. The highest BCUT2D eigenvalue weighted by atomic mass is 32.2. The molecule has 0 fully saturated rings. The van der Waals surface area contributed by atoms with Crippen molar-refractivity contribution in [3.63, 3.8) is 0 Å². The van der Waals surface area contributed by atoms with Crippen LogP contribution in [0.3, 0.4) is 0 Å². The number of rotatable bonds is 5. The first-order valence-electron chi connectivity index (χ1n) is 5.63. The van der Waals surface area contributed by atoms with Crippen LogP contribution in [0.15, 0.2) is 29.2 Å². The maximum absolute atomic E-state index is 12.0. The highest BCUT2D eigenvalue weighted by molar-refractivity contribution is 7.89. The second kappa shape index (κ2) is 6.14. The molecule has 0 heterocycles. The summed E-state index contributed by atoms with van der Waals surface area (Å²) in [6.45, 7) is 3.14. The first-order chi connectivity index (χ1) is 8.77. The molecule has 1 aromatic carbocycles. The highest BCUT2D eigenvalue weighted by Crippen LogP contribution is 2.11. The Hall–Kier alpha value is -1.44. The smallest absolute Gasteiger partial charge is 0.326 e. The Morgan fingerprint density at radius 2 is 1.84 bits per heavy atom. The molecule has 0 spiro atoms. The second-order valence-electron chi connectivity index (χ2n) is 4.18. The summed E-state index contributed by atoms with van der Waals surface area (Å²) in [5.74, 6) is -0.842. The van der Waals surface area contributed by atoms with Gasteiger partial charge in [0.2, 0.25) is 10.0 Å². The third-order valence-electron chi connectivity index (χ3n) is 2.55. The van der Waals surface area contributed by atoms with Gasteiger partial charge >= 0.3 is 5.97 Å². The van der Waals surface area contributed by atoms with Crippen LogP contribution in [-0.4, -0.2) is 38.7 Å². The molecule has 0 aliphatic rings. The van der Waals surface area contributed by atoms with Crippen LogP contribution in [0.4, 0.5) is 0 Å². The van der Waals surface area contributed by atoms with Crippen molar-refractivity contribution in [2.75, 3.05) is 7.11 Å². The van der Waals surface area contributed by atoms with E-state index in [-0.39, 0.29) is 4.90 Å². The molecular weight excluding hydrogens is 270 g/mol. The molecule has 1 rings (SSSR count). The second-order valence-corrected chi connectivity index (χ2v) is 5.89. The average molecular weight is 287 g/mol. The van der Waals surface area contributed by atoms with Crippen molar-refractivity contribution in [2.24, 2.45) is 0 Å². The summed E-state index contributed by atoms with van der Waals surface area (Å²) in [5.41, 5.74) is 0.916. The van der Waals surface area contributed by atoms with Crippen molar-refractivity contribution in [3.05, 3.63) is 29.8 Å². The maximum atomic E-state index is 12.0. The summed E-state index contributed by atoms with van der Waals surface area (Å²) >= 11 is 0. The number of aliphatic hydroxyl groups excluding tert-OH is 1. The minimum atomic E-state index is -3.89. The lowest BCUT2D eigenvalue weighted by molar-refractivity contribution is -0.145. The summed E-state index contributed by atoms with van der Waals surface area (Å²) < 4.78 is 30.7. The molecule has 0 bridgehead atoms. The van der Waals surface area contributed by atoms with Crippen LogP contribution in [0.2, 0.25) is 0 Å². The predicted octanol–water partition coefficient (Wildman–Crippen LogP) is 0.196.